The highest BCUT2D eigenvalue weighted by atomic mass is 35.5. The Morgan fingerprint density at radius 2 is 2.07 bits per heavy atom. The highest BCUT2D eigenvalue weighted by molar-refractivity contribution is 6.31. The minimum absolute atomic E-state index is 0.492. The predicted molar refractivity (Wildman–Crippen MR) is 58.9 cm³/mol. The van der Waals surface area contributed by atoms with Gasteiger partial charge in [-0.1, -0.05) is 36.2 Å². The standard InChI is InChI=1S/C12H15ClO/c13-12-7-2-1-6-11(12)10-5-3-4-8-14-9-10/h1-2,6-7,10H,3-5,8-9H2. The molecule has 1 aromatic rings. The van der Waals surface area contributed by atoms with Gasteiger partial charge in [-0.05, 0) is 24.5 Å². The number of hydrogen-bond acceptors (Lipinski definition) is 1. The normalized spacial score (nSPS) is 23.1. The Bertz CT molecular complexity index is 290. The van der Waals surface area contributed by atoms with E-state index >= 15 is 0 Å². The fourth-order valence-electron chi connectivity index (χ4n) is 1.96. The molecule has 14 heavy (non-hydrogen) atoms. The van der Waals surface area contributed by atoms with Crippen molar-refractivity contribution in [1.82, 2.24) is 0 Å². The first-order chi connectivity index (χ1) is 6.88. The van der Waals surface area contributed by atoms with Gasteiger partial charge in [0.2, 0.25) is 0 Å². The average molecular weight is 211 g/mol. The van der Waals surface area contributed by atoms with Gasteiger partial charge >= 0.3 is 0 Å². The minimum atomic E-state index is 0.492. The van der Waals surface area contributed by atoms with E-state index in [2.05, 4.69) is 6.07 Å². The zero-order valence-electron chi connectivity index (χ0n) is 8.21. The maximum absolute atomic E-state index is 6.16. The summed E-state index contributed by atoms with van der Waals surface area (Å²) in [5, 5.41) is 0.878. The molecule has 0 aromatic heterocycles. The number of hydrogen-bond donors (Lipinski definition) is 0. The first-order valence-electron chi connectivity index (χ1n) is 5.20. The Balaban J connectivity index is 2.16. The Hall–Kier alpha value is -0.530. The zero-order valence-corrected chi connectivity index (χ0v) is 8.96. The van der Waals surface area contributed by atoms with Crippen molar-refractivity contribution < 1.29 is 4.74 Å². The molecular weight excluding hydrogens is 196 g/mol. The predicted octanol–water partition coefficient (Wildman–Crippen LogP) is 3.62. The Morgan fingerprint density at radius 3 is 2.93 bits per heavy atom. The van der Waals surface area contributed by atoms with Gasteiger partial charge in [-0.15, -0.1) is 0 Å². The molecule has 1 nitrogen and oxygen atoms in total. The maximum atomic E-state index is 6.16. The van der Waals surface area contributed by atoms with E-state index in [1.54, 1.807) is 0 Å². The molecule has 0 amide bonds. The van der Waals surface area contributed by atoms with Crippen molar-refractivity contribution in [3.63, 3.8) is 0 Å². The lowest BCUT2D eigenvalue weighted by Gasteiger charge is -2.15. The van der Waals surface area contributed by atoms with E-state index in [4.69, 9.17) is 16.3 Å². The molecule has 0 radical (unpaired) electrons. The molecule has 1 atom stereocenters. The van der Waals surface area contributed by atoms with Crippen molar-refractivity contribution in [2.75, 3.05) is 13.2 Å². The van der Waals surface area contributed by atoms with Crippen molar-refractivity contribution in [3.05, 3.63) is 34.9 Å². The summed E-state index contributed by atoms with van der Waals surface area (Å²) >= 11 is 6.16. The molecule has 2 heteroatoms. The number of rotatable bonds is 1. The van der Waals surface area contributed by atoms with Crippen molar-refractivity contribution in [1.29, 1.82) is 0 Å². The van der Waals surface area contributed by atoms with Crippen molar-refractivity contribution >= 4 is 11.6 Å². The van der Waals surface area contributed by atoms with Crippen molar-refractivity contribution in [2.45, 2.75) is 25.2 Å². The summed E-state index contributed by atoms with van der Waals surface area (Å²) in [5.41, 5.74) is 1.25. The summed E-state index contributed by atoms with van der Waals surface area (Å²) < 4.78 is 5.56. The molecule has 1 saturated heterocycles. The molecule has 0 aliphatic carbocycles. The van der Waals surface area contributed by atoms with Crippen LogP contribution in [0.25, 0.3) is 0 Å². The third-order valence-electron chi connectivity index (χ3n) is 2.76. The third-order valence-corrected chi connectivity index (χ3v) is 3.10. The SMILES string of the molecule is Clc1ccccc1C1CCCCOC1. The molecule has 1 aliphatic heterocycles. The van der Waals surface area contributed by atoms with Gasteiger partial charge in [-0.25, -0.2) is 0 Å². The van der Waals surface area contributed by atoms with Crippen LogP contribution in [0.15, 0.2) is 24.3 Å². The van der Waals surface area contributed by atoms with Gasteiger partial charge in [0.15, 0.2) is 0 Å². The van der Waals surface area contributed by atoms with Gasteiger partial charge < -0.3 is 4.74 Å². The maximum Gasteiger partial charge on any atom is 0.0535 e. The van der Waals surface area contributed by atoms with E-state index in [1.807, 2.05) is 18.2 Å². The van der Waals surface area contributed by atoms with Crippen LogP contribution < -0.4 is 0 Å². The van der Waals surface area contributed by atoms with Crippen molar-refractivity contribution in [3.8, 4) is 0 Å². The molecule has 2 rings (SSSR count). The van der Waals surface area contributed by atoms with Gasteiger partial charge in [0.1, 0.15) is 0 Å². The summed E-state index contributed by atoms with van der Waals surface area (Å²) in [7, 11) is 0. The molecule has 1 aromatic carbocycles. The van der Waals surface area contributed by atoms with Crippen LogP contribution in [0.5, 0.6) is 0 Å². The van der Waals surface area contributed by atoms with Gasteiger partial charge in [-0.2, -0.15) is 0 Å². The first kappa shape index (κ1) is 10.0. The summed E-state index contributed by atoms with van der Waals surface area (Å²) in [6.45, 7) is 1.73. The van der Waals surface area contributed by atoms with E-state index in [0.29, 0.717) is 5.92 Å². The van der Waals surface area contributed by atoms with Crippen LogP contribution in [0.4, 0.5) is 0 Å². The van der Waals surface area contributed by atoms with Crippen LogP contribution in [0.1, 0.15) is 30.7 Å². The van der Waals surface area contributed by atoms with E-state index in [1.165, 1.54) is 24.8 Å². The fraction of sp³-hybridized carbons (Fsp3) is 0.500. The molecule has 1 aliphatic rings. The summed E-state index contributed by atoms with van der Waals surface area (Å²) in [6, 6.07) is 8.10. The molecule has 1 fully saturated rings. The Kier molecular flexibility index (Phi) is 3.44. The quantitative estimate of drug-likeness (QED) is 0.688. The fourth-order valence-corrected chi connectivity index (χ4v) is 2.25. The number of benzene rings is 1. The van der Waals surface area contributed by atoms with Crippen LogP contribution in [0.2, 0.25) is 5.02 Å². The highest BCUT2D eigenvalue weighted by Gasteiger charge is 2.16. The topological polar surface area (TPSA) is 9.23 Å². The monoisotopic (exact) mass is 210 g/mol. The lowest BCUT2D eigenvalue weighted by Crippen LogP contribution is -2.05. The average Bonchev–Trinajstić information content (AvgIpc) is 2.47. The zero-order chi connectivity index (χ0) is 9.80. The smallest absolute Gasteiger partial charge is 0.0535 e. The summed E-state index contributed by atoms with van der Waals surface area (Å²) in [6.07, 6.45) is 3.63. The molecular formula is C12H15ClO. The number of halogens is 1. The third kappa shape index (κ3) is 2.28. The summed E-state index contributed by atoms with van der Waals surface area (Å²) in [4.78, 5) is 0. The second kappa shape index (κ2) is 4.81. The highest BCUT2D eigenvalue weighted by Crippen LogP contribution is 2.30. The van der Waals surface area contributed by atoms with Crippen LogP contribution in [0.3, 0.4) is 0 Å². The van der Waals surface area contributed by atoms with Gasteiger partial charge in [0.25, 0.3) is 0 Å². The minimum Gasteiger partial charge on any atom is -0.381 e. The molecule has 1 unspecified atom stereocenters. The van der Waals surface area contributed by atoms with E-state index < -0.39 is 0 Å². The van der Waals surface area contributed by atoms with Gasteiger partial charge in [-0.3, -0.25) is 0 Å². The Morgan fingerprint density at radius 1 is 1.21 bits per heavy atom. The molecule has 1 heterocycles. The van der Waals surface area contributed by atoms with Crippen LogP contribution in [0, 0.1) is 0 Å². The molecule has 0 saturated carbocycles. The number of ether oxygens (including phenoxy) is 1. The van der Waals surface area contributed by atoms with Gasteiger partial charge in [0.05, 0.1) is 6.61 Å². The Labute approximate surface area is 90.0 Å². The molecule has 76 valence electrons. The van der Waals surface area contributed by atoms with E-state index in [0.717, 1.165) is 18.2 Å². The molecule has 0 bridgehead atoms. The second-order valence-electron chi connectivity index (χ2n) is 3.79. The van der Waals surface area contributed by atoms with Gasteiger partial charge in [0, 0.05) is 17.5 Å². The lowest BCUT2D eigenvalue weighted by atomic mass is 9.95. The summed E-state index contributed by atoms with van der Waals surface area (Å²) in [5.74, 6) is 0.492. The van der Waals surface area contributed by atoms with Crippen LogP contribution >= 0.6 is 11.6 Å². The molecule has 0 N–H and O–H groups in total. The van der Waals surface area contributed by atoms with Crippen molar-refractivity contribution in [2.24, 2.45) is 0 Å². The first-order valence-corrected chi connectivity index (χ1v) is 5.58. The second-order valence-corrected chi connectivity index (χ2v) is 4.20. The molecule has 0 spiro atoms. The van der Waals surface area contributed by atoms with E-state index in [9.17, 15) is 0 Å². The van der Waals surface area contributed by atoms with Crippen LogP contribution in [-0.4, -0.2) is 13.2 Å². The van der Waals surface area contributed by atoms with Crippen LogP contribution in [-0.2, 0) is 4.74 Å². The van der Waals surface area contributed by atoms with E-state index in [-0.39, 0.29) is 0 Å². The largest absolute Gasteiger partial charge is 0.381 e. The lowest BCUT2D eigenvalue weighted by molar-refractivity contribution is 0.134.